The van der Waals surface area contributed by atoms with Crippen molar-refractivity contribution in [1.82, 2.24) is 19.9 Å². The van der Waals surface area contributed by atoms with Gasteiger partial charge in [0.1, 0.15) is 17.3 Å². The molecule has 1 unspecified atom stereocenters. The van der Waals surface area contributed by atoms with Crippen molar-refractivity contribution in [1.29, 1.82) is 0 Å². The number of rotatable bonds is 2. The van der Waals surface area contributed by atoms with E-state index in [0.717, 1.165) is 12.3 Å². The van der Waals surface area contributed by atoms with Crippen molar-refractivity contribution < 1.29 is 0 Å². The summed E-state index contributed by atoms with van der Waals surface area (Å²) >= 11 is 11.8. The number of nitrogens with zero attached hydrogens (tertiary/aromatic N) is 4. The van der Waals surface area contributed by atoms with Crippen LogP contribution in [0.5, 0.6) is 0 Å². The van der Waals surface area contributed by atoms with Gasteiger partial charge in [-0.25, -0.2) is 24.9 Å². The number of halogens is 2. The standard InChI is InChI=1S/C10H13Cl2N5/c1-6(2)7-3-10(17(12)16-7)15-9-4-8(11)13-5-14-9/h4-7,16H,3H2,1-2H3. The molecular weight excluding hydrogens is 261 g/mol. The highest BCUT2D eigenvalue weighted by Crippen LogP contribution is 2.21. The molecular formula is C10H13Cl2N5. The van der Waals surface area contributed by atoms with Gasteiger partial charge in [-0.1, -0.05) is 25.4 Å². The minimum atomic E-state index is 0.295. The molecule has 7 heteroatoms. The van der Waals surface area contributed by atoms with Gasteiger partial charge in [-0.05, 0) is 5.92 Å². The lowest BCUT2D eigenvalue weighted by atomic mass is 10.0. The summed E-state index contributed by atoms with van der Waals surface area (Å²) < 4.78 is 1.42. The van der Waals surface area contributed by atoms with E-state index in [1.165, 1.54) is 10.9 Å². The Morgan fingerprint density at radius 1 is 1.53 bits per heavy atom. The molecule has 0 bridgehead atoms. The molecule has 1 saturated heterocycles. The van der Waals surface area contributed by atoms with E-state index in [-0.39, 0.29) is 0 Å². The van der Waals surface area contributed by atoms with Crippen molar-refractivity contribution in [3.63, 3.8) is 0 Å². The summed E-state index contributed by atoms with van der Waals surface area (Å²) in [6, 6.07) is 1.89. The molecule has 1 fully saturated rings. The van der Waals surface area contributed by atoms with Crippen LogP contribution >= 0.6 is 23.4 Å². The molecule has 1 aliphatic rings. The first-order chi connectivity index (χ1) is 8.06. The summed E-state index contributed by atoms with van der Waals surface area (Å²) in [5, 5.41) is 0.367. The van der Waals surface area contributed by atoms with Gasteiger partial charge in [0.05, 0.1) is 0 Å². The zero-order chi connectivity index (χ0) is 12.4. The van der Waals surface area contributed by atoms with Crippen LogP contribution in [0.1, 0.15) is 20.3 Å². The molecule has 2 heterocycles. The number of hydrazine groups is 1. The molecule has 17 heavy (non-hydrogen) atoms. The molecule has 0 aromatic carbocycles. The first kappa shape index (κ1) is 12.5. The van der Waals surface area contributed by atoms with Crippen molar-refractivity contribution >= 4 is 35.0 Å². The highest BCUT2D eigenvalue weighted by Gasteiger charge is 2.28. The third-order valence-electron chi connectivity index (χ3n) is 2.58. The first-order valence-electron chi connectivity index (χ1n) is 5.33. The van der Waals surface area contributed by atoms with Crippen LogP contribution in [0.2, 0.25) is 5.15 Å². The van der Waals surface area contributed by atoms with E-state index in [1.807, 2.05) is 0 Å². The minimum absolute atomic E-state index is 0.295. The fraction of sp³-hybridized carbons (Fsp3) is 0.500. The van der Waals surface area contributed by atoms with E-state index in [1.54, 1.807) is 6.07 Å². The lowest BCUT2D eigenvalue weighted by Gasteiger charge is -2.13. The van der Waals surface area contributed by atoms with Crippen molar-refractivity contribution in [2.45, 2.75) is 26.3 Å². The number of amidine groups is 1. The second kappa shape index (κ2) is 5.16. The Balaban J connectivity index is 2.17. The Morgan fingerprint density at radius 2 is 2.29 bits per heavy atom. The number of aliphatic imine (C=N–C) groups is 1. The summed E-state index contributed by atoms with van der Waals surface area (Å²) in [5.74, 6) is 1.73. The first-order valence-corrected chi connectivity index (χ1v) is 6.05. The fourth-order valence-corrected chi connectivity index (χ4v) is 1.91. The number of aromatic nitrogens is 2. The van der Waals surface area contributed by atoms with E-state index < -0.39 is 0 Å². The highest BCUT2D eigenvalue weighted by atomic mass is 35.5. The third kappa shape index (κ3) is 3.06. The molecule has 0 spiro atoms. The molecule has 0 saturated carbocycles. The molecule has 1 aromatic heterocycles. The summed E-state index contributed by atoms with van der Waals surface area (Å²) in [7, 11) is 0. The van der Waals surface area contributed by atoms with E-state index in [0.29, 0.717) is 22.9 Å². The van der Waals surface area contributed by atoms with E-state index in [4.69, 9.17) is 23.4 Å². The lowest BCUT2D eigenvalue weighted by molar-refractivity contribution is 0.370. The predicted octanol–water partition coefficient (Wildman–Crippen LogP) is 2.55. The molecule has 92 valence electrons. The third-order valence-corrected chi connectivity index (χ3v) is 3.08. The van der Waals surface area contributed by atoms with Crippen LogP contribution in [-0.4, -0.2) is 26.4 Å². The van der Waals surface area contributed by atoms with Gasteiger partial charge < -0.3 is 0 Å². The zero-order valence-corrected chi connectivity index (χ0v) is 11.1. The van der Waals surface area contributed by atoms with Gasteiger partial charge in [0.15, 0.2) is 5.82 Å². The largest absolute Gasteiger partial charge is 0.224 e. The van der Waals surface area contributed by atoms with Crippen LogP contribution in [0.3, 0.4) is 0 Å². The summed E-state index contributed by atoms with van der Waals surface area (Å²) in [6.07, 6.45) is 2.14. The fourth-order valence-electron chi connectivity index (χ4n) is 1.53. The van der Waals surface area contributed by atoms with Crippen LogP contribution in [0, 0.1) is 5.92 Å². The van der Waals surface area contributed by atoms with Gasteiger partial charge in [-0.15, -0.1) is 0 Å². The van der Waals surface area contributed by atoms with Crippen LogP contribution in [0.15, 0.2) is 17.4 Å². The highest BCUT2D eigenvalue weighted by molar-refractivity contribution is 6.29. The molecule has 5 nitrogen and oxygen atoms in total. The molecule has 0 radical (unpaired) electrons. The van der Waals surface area contributed by atoms with Gasteiger partial charge in [0.2, 0.25) is 0 Å². The maximum atomic E-state index is 6.02. The quantitative estimate of drug-likeness (QED) is 0.665. The Morgan fingerprint density at radius 3 is 2.88 bits per heavy atom. The average molecular weight is 274 g/mol. The summed E-state index contributed by atoms with van der Waals surface area (Å²) in [4.78, 5) is 12.2. The minimum Gasteiger partial charge on any atom is -0.224 e. The van der Waals surface area contributed by atoms with Gasteiger partial charge in [-0.2, -0.15) is 0 Å². The van der Waals surface area contributed by atoms with E-state index in [9.17, 15) is 0 Å². The summed E-state index contributed by atoms with van der Waals surface area (Å²) in [5.41, 5.74) is 3.13. The maximum absolute atomic E-state index is 6.02. The van der Waals surface area contributed by atoms with Crippen molar-refractivity contribution in [3.05, 3.63) is 17.5 Å². The van der Waals surface area contributed by atoms with Crippen molar-refractivity contribution in [2.75, 3.05) is 0 Å². The SMILES string of the molecule is CC(C)C1CC(=Nc2cc(Cl)ncn2)N(Cl)N1. The Labute approximate surface area is 110 Å². The molecule has 1 atom stereocenters. The Kier molecular flexibility index (Phi) is 3.81. The maximum Gasteiger partial charge on any atom is 0.158 e. The van der Waals surface area contributed by atoms with Gasteiger partial charge in [0.25, 0.3) is 0 Å². The van der Waals surface area contributed by atoms with Crippen LogP contribution in [-0.2, 0) is 0 Å². The Bertz CT molecular complexity index is 434. The van der Waals surface area contributed by atoms with Gasteiger partial charge in [-0.3, -0.25) is 0 Å². The molecule has 0 amide bonds. The smallest absolute Gasteiger partial charge is 0.158 e. The van der Waals surface area contributed by atoms with Crippen LogP contribution < -0.4 is 5.43 Å². The van der Waals surface area contributed by atoms with Crippen molar-refractivity contribution in [2.24, 2.45) is 10.9 Å². The molecule has 0 aliphatic carbocycles. The lowest BCUT2D eigenvalue weighted by Crippen LogP contribution is -2.32. The van der Waals surface area contributed by atoms with Gasteiger partial charge >= 0.3 is 0 Å². The number of nitrogens with one attached hydrogen (secondary N) is 1. The Hall–Kier alpha value is -0.910. The molecule has 2 rings (SSSR count). The van der Waals surface area contributed by atoms with Crippen LogP contribution in [0.4, 0.5) is 5.82 Å². The monoisotopic (exact) mass is 273 g/mol. The zero-order valence-electron chi connectivity index (χ0n) is 9.56. The molecule has 1 aromatic rings. The van der Waals surface area contributed by atoms with Crippen LogP contribution in [0.25, 0.3) is 0 Å². The van der Waals surface area contributed by atoms with E-state index >= 15 is 0 Å². The van der Waals surface area contributed by atoms with E-state index in [2.05, 4.69) is 34.2 Å². The summed E-state index contributed by atoms with van der Waals surface area (Å²) in [6.45, 7) is 4.26. The van der Waals surface area contributed by atoms with Gasteiger partial charge in [0, 0.05) is 30.3 Å². The normalized spacial score (nSPS) is 22.8. The second-order valence-corrected chi connectivity index (χ2v) is 4.92. The predicted molar refractivity (Wildman–Crippen MR) is 68.2 cm³/mol. The average Bonchev–Trinajstić information content (AvgIpc) is 2.61. The molecule has 1 aliphatic heterocycles. The number of hydrogen-bond acceptors (Lipinski definition) is 4. The topological polar surface area (TPSA) is 53.4 Å². The second-order valence-electron chi connectivity index (χ2n) is 4.19. The van der Waals surface area contributed by atoms with Crippen molar-refractivity contribution in [3.8, 4) is 0 Å². The molecule has 1 N–H and O–H groups in total. The number of hydrogen-bond donors (Lipinski definition) is 1.